The molecule has 0 spiro atoms. The molecule has 0 aromatic carbocycles. The topological polar surface area (TPSA) is 55.4 Å². The fourth-order valence-electron chi connectivity index (χ4n) is 3.30. The third-order valence-corrected chi connectivity index (χ3v) is 6.39. The largest absolute Gasteiger partial charge is 0.384 e. The highest BCUT2D eigenvalue weighted by Crippen LogP contribution is 2.33. The summed E-state index contributed by atoms with van der Waals surface area (Å²) < 4.78 is 30.0. The second kappa shape index (κ2) is 7.60. The van der Waals surface area contributed by atoms with Crippen LogP contribution in [-0.4, -0.2) is 45.7 Å². The first-order chi connectivity index (χ1) is 8.92. The molecule has 5 heteroatoms. The van der Waals surface area contributed by atoms with Gasteiger partial charge in [0.15, 0.2) is 9.84 Å². The highest BCUT2D eigenvalue weighted by molar-refractivity contribution is 7.92. The Kier molecular flexibility index (Phi) is 6.77. The van der Waals surface area contributed by atoms with E-state index in [1.165, 1.54) is 0 Å². The van der Waals surface area contributed by atoms with Crippen molar-refractivity contribution < 1.29 is 13.2 Å². The van der Waals surface area contributed by atoms with Crippen molar-refractivity contribution in [3.05, 3.63) is 0 Å². The lowest BCUT2D eigenvalue weighted by molar-refractivity contribution is 0.213. The SMILES string of the molecule is CCCNC1CC(C)CC(C)C1S(=O)(=O)CCOC. The van der Waals surface area contributed by atoms with Gasteiger partial charge in [-0.25, -0.2) is 8.42 Å². The third-order valence-electron chi connectivity index (χ3n) is 4.03. The molecule has 0 aromatic heterocycles. The maximum atomic E-state index is 12.5. The van der Waals surface area contributed by atoms with Gasteiger partial charge in [-0.2, -0.15) is 0 Å². The maximum absolute atomic E-state index is 12.5. The van der Waals surface area contributed by atoms with Crippen molar-refractivity contribution in [3.8, 4) is 0 Å². The average molecular weight is 291 g/mol. The van der Waals surface area contributed by atoms with E-state index < -0.39 is 9.84 Å². The van der Waals surface area contributed by atoms with Gasteiger partial charge in [0, 0.05) is 13.2 Å². The van der Waals surface area contributed by atoms with Crippen molar-refractivity contribution in [1.29, 1.82) is 0 Å². The van der Waals surface area contributed by atoms with Crippen LogP contribution in [0.25, 0.3) is 0 Å². The molecule has 4 atom stereocenters. The molecular weight excluding hydrogens is 262 g/mol. The van der Waals surface area contributed by atoms with Gasteiger partial charge in [-0.05, 0) is 37.6 Å². The van der Waals surface area contributed by atoms with E-state index in [1.807, 2.05) is 0 Å². The first-order valence-corrected chi connectivity index (χ1v) is 9.07. The van der Waals surface area contributed by atoms with Crippen molar-refractivity contribution >= 4 is 9.84 Å². The smallest absolute Gasteiger partial charge is 0.157 e. The van der Waals surface area contributed by atoms with Gasteiger partial charge >= 0.3 is 0 Å². The van der Waals surface area contributed by atoms with Gasteiger partial charge in [-0.3, -0.25) is 0 Å². The molecule has 1 fully saturated rings. The summed E-state index contributed by atoms with van der Waals surface area (Å²) in [6.45, 7) is 7.58. The molecule has 0 bridgehead atoms. The molecule has 1 aliphatic rings. The first kappa shape index (κ1) is 16.9. The molecule has 0 aliphatic heterocycles. The molecule has 114 valence electrons. The number of sulfone groups is 1. The Hall–Kier alpha value is -0.130. The molecule has 1 N–H and O–H groups in total. The Morgan fingerprint density at radius 2 is 1.95 bits per heavy atom. The van der Waals surface area contributed by atoms with Crippen LogP contribution in [-0.2, 0) is 14.6 Å². The summed E-state index contributed by atoms with van der Waals surface area (Å²) >= 11 is 0. The van der Waals surface area contributed by atoms with Crippen LogP contribution in [0.3, 0.4) is 0 Å². The van der Waals surface area contributed by atoms with E-state index in [4.69, 9.17) is 4.74 Å². The van der Waals surface area contributed by atoms with Gasteiger partial charge < -0.3 is 10.1 Å². The van der Waals surface area contributed by atoms with Gasteiger partial charge in [0.05, 0.1) is 17.6 Å². The zero-order chi connectivity index (χ0) is 14.5. The van der Waals surface area contributed by atoms with Crippen molar-refractivity contribution in [2.75, 3.05) is 26.0 Å². The molecule has 0 heterocycles. The summed E-state index contributed by atoms with van der Waals surface area (Å²) in [5.74, 6) is 0.954. The minimum Gasteiger partial charge on any atom is -0.384 e. The van der Waals surface area contributed by atoms with Gasteiger partial charge in [0.2, 0.25) is 0 Å². The van der Waals surface area contributed by atoms with Gasteiger partial charge in [-0.15, -0.1) is 0 Å². The highest BCUT2D eigenvalue weighted by atomic mass is 32.2. The summed E-state index contributed by atoms with van der Waals surface area (Å²) in [5.41, 5.74) is 0. The number of nitrogens with one attached hydrogen (secondary N) is 1. The zero-order valence-corrected chi connectivity index (χ0v) is 13.5. The maximum Gasteiger partial charge on any atom is 0.157 e. The summed E-state index contributed by atoms with van der Waals surface area (Å²) in [5, 5.41) is 3.19. The molecule has 0 radical (unpaired) electrons. The Balaban J connectivity index is 2.84. The van der Waals surface area contributed by atoms with E-state index in [2.05, 4.69) is 26.1 Å². The number of hydrogen-bond acceptors (Lipinski definition) is 4. The lowest BCUT2D eigenvalue weighted by Gasteiger charge is -2.39. The van der Waals surface area contributed by atoms with Crippen LogP contribution in [0.5, 0.6) is 0 Å². The third kappa shape index (κ3) is 4.72. The normalized spacial score (nSPS) is 32.4. The van der Waals surface area contributed by atoms with Crippen LogP contribution in [0.1, 0.15) is 40.0 Å². The molecule has 0 aromatic rings. The molecule has 4 nitrogen and oxygen atoms in total. The number of ether oxygens (including phenoxy) is 1. The quantitative estimate of drug-likeness (QED) is 0.778. The molecule has 0 saturated heterocycles. The Morgan fingerprint density at radius 1 is 1.26 bits per heavy atom. The molecule has 19 heavy (non-hydrogen) atoms. The van der Waals surface area contributed by atoms with Crippen LogP contribution >= 0.6 is 0 Å². The minimum absolute atomic E-state index is 0.0977. The zero-order valence-electron chi connectivity index (χ0n) is 12.7. The van der Waals surface area contributed by atoms with E-state index in [-0.39, 0.29) is 23.0 Å². The average Bonchev–Trinajstić information content (AvgIpc) is 2.32. The predicted octanol–water partition coefficient (Wildman–Crippen LogP) is 1.85. The van der Waals surface area contributed by atoms with Crippen LogP contribution in [0.15, 0.2) is 0 Å². The van der Waals surface area contributed by atoms with Crippen LogP contribution < -0.4 is 5.32 Å². The Morgan fingerprint density at radius 3 is 2.53 bits per heavy atom. The van der Waals surface area contributed by atoms with Crippen LogP contribution in [0.2, 0.25) is 0 Å². The molecule has 1 saturated carbocycles. The van der Waals surface area contributed by atoms with E-state index in [0.29, 0.717) is 12.5 Å². The minimum atomic E-state index is -3.09. The lowest BCUT2D eigenvalue weighted by atomic mass is 9.80. The van der Waals surface area contributed by atoms with Crippen molar-refractivity contribution in [3.63, 3.8) is 0 Å². The monoisotopic (exact) mass is 291 g/mol. The predicted molar refractivity (Wildman–Crippen MR) is 79.1 cm³/mol. The first-order valence-electron chi connectivity index (χ1n) is 7.36. The summed E-state index contributed by atoms with van der Waals surface area (Å²) in [7, 11) is -1.53. The molecule has 1 rings (SSSR count). The lowest BCUT2D eigenvalue weighted by Crippen LogP contribution is -2.52. The van der Waals surface area contributed by atoms with Crippen molar-refractivity contribution in [2.45, 2.75) is 51.3 Å². The van der Waals surface area contributed by atoms with E-state index in [0.717, 1.165) is 25.8 Å². The van der Waals surface area contributed by atoms with Crippen molar-refractivity contribution in [2.24, 2.45) is 11.8 Å². The standard InChI is InChI=1S/C14H29NO3S/c1-5-6-15-13-10-11(2)9-12(3)14(13)19(16,17)8-7-18-4/h11-15H,5-10H2,1-4H3. The van der Waals surface area contributed by atoms with E-state index in [9.17, 15) is 8.42 Å². The van der Waals surface area contributed by atoms with Crippen molar-refractivity contribution in [1.82, 2.24) is 5.32 Å². The van der Waals surface area contributed by atoms with E-state index >= 15 is 0 Å². The molecule has 0 amide bonds. The highest BCUT2D eigenvalue weighted by Gasteiger charge is 2.41. The Bertz CT molecular complexity index is 356. The summed E-state index contributed by atoms with van der Waals surface area (Å²) in [4.78, 5) is 0. The van der Waals surface area contributed by atoms with Gasteiger partial charge in [0.25, 0.3) is 0 Å². The fourth-order valence-corrected chi connectivity index (χ4v) is 5.50. The number of rotatable bonds is 7. The Labute approximate surface area is 118 Å². The van der Waals surface area contributed by atoms with Crippen LogP contribution in [0.4, 0.5) is 0 Å². The summed E-state index contributed by atoms with van der Waals surface area (Å²) in [6.07, 6.45) is 2.99. The number of hydrogen-bond donors (Lipinski definition) is 1. The second-order valence-corrected chi connectivity index (χ2v) is 8.22. The summed E-state index contributed by atoms with van der Waals surface area (Å²) in [6, 6.07) is 0.0977. The second-order valence-electron chi connectivity index (χ2n) is 5.94. The van der Waals surface area contributed by atoms with Gasteiger partial charge in [-0.1, -0.05) is 20.8 Å². The van der Waals surface area contributed by atoms with Crippen LogP contribution in [0, 0.1) is 11.8 Å². The number of methoxy groups -OCH3 is 1. The van der Waals surface area contributed by atoms with E-state index in [1.54, 1.807) is 7.11 Å². The fraction of sp³-hybridized carbons (Fsp3) is 1.00. The molecule has 4 unspecified atom stereocenters. The molecular formula is C14H29NO3S. The van der Waals surface area contributed by atoms with Gasteiger partial charge in [0.1, 0.15) is 0 Å². The molecule has 1 aliphatic carbocycles.